The molecule has 0 amide bonds. The third kappa shape index (κ3) is 4.14. The number of fused-ring (bicyclic) bond motifs is 2. The molecule has 35 heavy (non-hydrogen) atoms. The largest absolute Gasteiger partial charge is 0.459 e. The first-order valence-corrected chi connectivity index (χ1v) is 10.7. The zero-order valence-electron chi connectivity index (χ0n) is 18.2. The molecule has 1 aliphatic rings. The van der Waals surface area contributed by atoms with Gasteiger partial charge in [0.15, 0.2) is 17.4 Å². The normalized spacial score (nSPS) is 16.6. The predicted molar refractivity (Wildman–Crippen MR) is 120 cm³/mol. The number of anilines is 1. The third-order valence-corrected chi connectivity index (χ3v) is 5.84. The number of benzene rings is 1. The molecule has 182 valence electrons. The first kappa shape index (κ1) is 23.0. The summed E-state index contributed by atoms with van der Waals surface area (Å²) in [5.74, 6) is -2.45. The molecule has 0 saturated carbocycles. The van der Waals surface area contributed by atoms with Gasteiger partial charge in [-0.05, 0) is 12.1 Å². The highest BCUT2D eigenvalue weighted by Gasteiger charge is 2.25. The Bertz CT molecular complexity index is 1470. The summed E-state index contributed by atoms with van der Waals surface area (Å²) in [5, 5.41) is 0.653. The molecule has 5 rings (SSSR count). The third-order valence-electron chi connectivity index (χ3n) is 5.84. The number of nitrogens with zero attached hydrogens (tertiary/aromatic N) is 4. The number of aromatic nitrogens is 4. The summed E-state index contributed by atoms with van der Waals surface area (Å²) in [6, 6.07) is 2.49. The molecule has 0 aliphatic carbocycles. The fourth-order valence-corrected chi connectivity index (χ4v) is 4.25. The van der Waals surface area contributed by atoms with E-state index in [0.29, 0.717) is 11.9 Å². The van der Waals surface area contributed by atoms with Gasteiger partial charge in [-0.2, -0.15) is 4.98 Å². The van der Waals surface area contributed by atoms with E-state index in [1.807, 2.05) is 0 Å². The molecule has 0 spiro atoms. The van der Waals surface area contributed by atoms with Gasteiger partial charge in [0, 0.05) is 53.9 Å². The first-order valence-electron chi connectivity index (χ1n) is 10.7. The molecule has 1 aromatic carbocycles. The average Bonchev–Trinajstić information content (AvgIpc) is 3.11. The second-order valence-electron chi connectivity index (χ2n) is 8.03. The van der Waals surface area contributed by atoms with Crippen molar-refractivity contribution in [2.24, 2.45) is 5.92 Å². The second-order valence-corrected chi connectivity index (χ2v) is 8.03. The van der Waals surface area contributed by atoms with Gasteiger partial charge in [-0.15, -0.1) is 0 Å². The van der Waals surface area contributed by atoms with Gasteiger partial charge in [0.25, 0.3) is 0 Å². The van der Waals surface area contributed by atoms with Crippen LogP contribution in [0.25, 0.3) is 32.9 Å². The lowest BCUT2D eigenvalue weighted by Gasteiger charge is -2.24. The van der Waals surface area contributed by atoms with E-state index in [4.69, 9.17) is 9.47 Å². The molecular formula is C23H19F4N5O3. The van der Waals surface area contributed by atoms with Crippen molar-refractivity contribution in [2.75, 3.05) is 44.7 Å². The highest BCUT2D eigenvalue weighted by atomic mass is 19.1. The number of rotatable bonds is 5. The molecule has 4 heterocycles. The van der Waals surface area contributed by atoms with E-state index in [1.165, 1.54) is 24.7 Å². The molecular weight excluding hydrogens is 470 g/mol. The van der Waals surface area contributed by atoms with Crippen molar-refractivity contribution in [3.05, 3.63) is 52.8 Å². The summed E-state index contributed by atoms with van der Waals surface area (Å²) in [5.41, 5.74) is -1.20. The van der Waals surface area contributed by atoms with Crippen LogP contribution in [-0.2, 0) is 4.74 Å². The Hall–Kier alpha value is -3.80. The van der Waals surface area contributed by atoms with Crippen LogP contribution in [0.3, 0.4) is 0 Å². The Labute approximate surface area is 195 Å². The number of aromatic amines is 1. The SMILES string of the molecule is O=c1nc(N2CCOC[C@@H](CF)C2)c2cnc(-c3cncc4ccc(F)c(OCF)c34)c(F)c2[nH]1. The van der Waals surface area contributed by atoms with Crippen molar-refractivity contribution in [3.8, 4) is 17.0 Å². The van der Waals surface area contributed by atoms with E-state index in [0.717, 1.165) is 6.07 Å². The van der Waals surface area contributed by atoms with Crippen LogP contribution in [-0.4, -0.2) is 59.8 Å². The highest BCUT2D eigenvalue weighted by molar-refractivity contribution is 6.01. The summed E-state index contributed by atoms with van der Waals surface area (Å²) < 4.78 is 66.9. The lowest BCUT2D eigenvalue weighted by Crippen LogP contribution is -2.33. The lowest BCUT2D eigenvalue weighted by molar-refractivity contribution is 0.114. The number of hydrogen-bond donors (Lipinski definition) is 1. The minimum Gasteiger partial charge on any atom is -0.459 e. The molecule has 1 N–H and O–H groups in total. The molecule has 3 aromatic heterocycles. The maximum atomic E-state index is 15.9. The highest BCUT2D eigenvalue weighted by Crippen LogP contribution is 2.38. The van der Waals surface area contributed by atoms with Gasteiger partial charge in [0.2, 0.25) is 6.86 Å². The number of halogens is 4. The molecule has 0 unspecified atom stereocenters. The molecule has 1 atom stereocenters. The van der Waals surface area contributed by atoms with Crippen molar-refractivity contribution in [1.29, 1.82) is 0 Å². The fraction of sp³-hybridized carbons (Fsp3) is 0.304. The van der Waals surface area contributed by atoms with Crippen LogP contribution >= 0.6 is 0 Å². The van der Waals surface area contributed by atoms with Crippen molar-refractivity contribution in [1.82, 2.24) is 19.9 Å². The number of hydrogen-bond acceptors (Lipinski definition) is 7. The molecule has 8 nitrogen and oxygen atoms in total. The summed E-state index contributed by atoms with van der Waals surface area (Å²) >= 11 is 0. The summed E-state index contributed by atoms with van der Waals surface area (Å²) in [6.45, 7) is -0.872. The maximum Gasteiger partial charge on any atom is 0.347 e. The smallest absolute Gasteiger partial charge is 0.347 e. The van der Waals surface area contributed by atoms with Crippen LogP contribution in [0.4, 0.5) is 23.4 Å². The molecule has 1 saturated heterocycles. The van der Waals surface area contributed by atoms with Gasteiger partial charge in [-0.1, -0.05) is 0 Å². The quantitative estimate of drug-likeness (QED) is 0.429. The standard InChI is InChI=1S/C23H19F4N5O3/c24-5-12-9-32(3-4-34-10-12)22-15-8-29-19(18(27)20(15)30-23(33)31-22)14-7-28-6-13-1-2-16(26)21(17(13)14)35-11-25/h1-2,6-8,12H,3-5,9-11H2,(H,30,31,33)/t12-/m0/s1. The van der Waals surface area contributed by atoms with Crippen LogP contribution in [0, 0.1) is 17.6 Å². The molecule has 1 aliphatic heterocycles. The Morgan fingerprint density at radius 1 is 1.20 bits per heavy atom. The van der Waals surface area contributed by atoms with E-state index < -0.39 is 42.5 Å². The number of alkyl halides is 2. The van der Waals surface area contributed by atoms with Gasteiger partial charge in [0.05, 0.1) is 30.8 Å². The zero-order chi connectivity index (χ0) is 24.5. The molecule has 0 radical (unpaired) electrons. The zero-order valence-corrected chi connectivity index (χ0v) is 18.2. The van der Waals surface area contributed by atoms with Crippen molar-refractivity contribution >= 4 is 27.5 Å². The molecule has 1 fully saturated rings. The van der Waals surface area contributed by atoms with Gasteiger partial charge in [-0.25, -0.2) is 18.0 Å². The van der Waals surface area contributed by atoms with E-state index in [2.05, 4.69) is 19.9 Å². The van der Waals surface area contributed by atoms with Gasteiger partial charge in [-0.3, -0.25) is 14.4 Å². The van der Waals surface area contributed by atoms with E-state index >= 15 is 4.39 Å². The van der Waals surface area contributed by atoms with E-state index in [9.17, 15) is 18.0 Å². The van der Waals surface area contributed by atoms with Crippen molar-refractivity contribution in [3.63, 3.8) is 0 Å². The first-order chi connectivity index (χ1) is 17.0. The number of pyridine rings is 2. The molecule has 0 bridgehead atoms. The van der Waals surface area contributed by atoms with E-state index in [-0.39, 0.29) is 53.1 Å². The predicted octanol–water partition coefficient (Wildman–Crippen LogP) is 3.54. The Balaban J connectivity index is 1.71. The number of ether oxygens (including phenoxy) is 2. The fourth-order valence-electron chi connectivity index (χ4n) is 4.25. The minimum absolute atomic E-state index is 0.0460. The number of nitrogens with one attached hydrogen (secondary N) is 1. The van der Waals surface area contributed by atoms with Crippen molar-refractivity contribution in [2.45, 2.75) is 0 Å². The van der Waals surface area contributed by atoms with Gasteiger partial charge >= 0.3 is 5.69 Å². The average molecular weight is 489 g/mol. The van der Waals surface area contributed by atoms with Crippen LogP contribution < -0.4 is 15.3 Å². The monoisotopic (exact) mass is 489 g/mol. The van der Waals surface area contributed by atoms with Crippen LogP contribution in [0.2, 0.25) is 0 Å². The number of H-pyrrole nitrogens is 1. The maximum absolute atomic E-state index is 15.9. The molecule has 4 aromatic rings. The lowest BCUT2D eigenvalue weighted by atomic mass is 10.0. The van der Waals surface area contributed by atoms with Gasteiger partial charge < -0.3 is 19.4 Å². The summed E-state index contributed by atoms with van der Waals surface area (Å²) in [6.07, 6.45) is 3.97. The van der Waals surface area contributed by atoms with Crippen LogP contribution in [0.15, 0.2) is 35.5 Å². The second kappa shape index (κ2) is 9.45. The Morgan fingerprint density at radius 2 is 2.06 bits per heavy atom. The van der Waals surface area contributed by atoms with Crippen LogP contribution in [0.1, 0.15) is 0 Å². The van der Waals surface area contributed by atoms with E-state index in [1.54, 1.807) is 4.90 Å². The summed E-state index contributed by atoms with van der Waals surface area (Å²) in [4.78, 5) is 28.7. The van der Waals surface area contributed by atoms with Gasteiger partial charge in [0.1, 0.15) is 11.5 Å². The summed E-state index contributed by atoms with van der Waals surface area (Å²) in [7, 11) is 0. The van der Waals surface area contributed by atoms with Crippen molar-refractivity contribution < 1.29 is 27.0 Å². The minimum atomic E-state index is -1.30. The van der Waals surface area contributed by atoms with Crippen LogP contribution in [0.5, 0.6) is 5.75 Å². The Morgan fingerprint density at radius 3 is 2.86 bits per heavy atom. The Kier molecular flexibility index (Phi) is 6.20. The molecule has 12 heteroatoms. The topological polar surface area (TPSA) is 93.2 Å².